The Balaban J connectivity index is 1.66. The normalized spacial score (nSPS) is 25.1. The predicted octanol–water partition coefficient (Wildman–Crippen LogP) is 1.12. The lowest BCUT2D eigenvalue weighted by atomic mass is 10.0. The van der Waals surface area contributed by atoms with Crippen LogP contribution in [0.25, 0.3) is 0 Å². The summed E-state index contributed by atoms with van der Waals surface area (Å²) in [6.45, 7) is 3.43. The molecular weight excluding hydrogens is 226 g/mol. The van der Waals surface area contributed by atoms with E-state index in [0.717, 1.165) is 25.6 Å². The predicted molar refractivity (Wildman–Crippen MR) is 73.5 cm³/mol. The summed E-state index contributed by atoms with van der Waals surface area (Å²) in [5, 5.41) is 6.34. The van der Waals surface area contributed by atoms with E-state index in [-0.39, 0.29) is 5.91 Å². The van der Waals surface area contributed by atoms with Crippen molar-refractivity contribution in [1.82, 2.24) is 15.5 Å². The molecule has 0 radical (unpaired) electrons. The summed E-state index contributed by atoms with van der Waals surface area (Å²) in [6, 6.07) is 1.50. The molecule has 2 aliphatic rings. The van der Waals surface area contributed by atoms with Crippen LogP contribution in [-0.4, -0.2) is 49.6 Å². The van der Waals surface area contributed by atoms with E-state index in [1.807, 2.05) is 0 Å². The van der Waals surface area contributed by atoms with Crippen LogP contribution in [0.1, 0.15) is 44.9 Å². The molecule has 1 heterocycles. The second-order valence-electron chi connectivity index (χ2n) is 5.64. The van der Waals surface area contributed by atoms with Gasteiger partial charge >= 0.3 is 0 Å². The Bertz CT molecular complexity index is 266. The quantitative estimate of drug-likeness (QED) is 0.714. The first-order chi connectivity index (χ1) is 8.79. The third kappa shape index (κ3) is 4.58. The molecule has 0 aromatic rings. The molecule has 2 N–H and O–H groups in total. The number of carbonyl (C=O) groups excluding carboxylic acids is 1. The van der Waals surface area contributed by atoms with Gasteiger partial charge in [0.2, 0.25) is 5.91 Å². The first-order valence-corrected chi connectivity index (χ1v) is 7.47. The van der Waals surface area contributed by atoms with Crippen molar-refractivity contribution in [2.75, 3.05) is 26.7 Å². The standard InChI is InChI=1S/C14H27N3O/c1-15-14(18)6-4-10-17-9-3-2-5-13(17)11-16-12-7-8-12/h12-13,16H,2-11H2,1H3,(H,15,18). The van der Waals surface area contributed by atoms with E-state index in [1.54, 1.807) is 7.05 Å². The average Bonchev–Trinajstić information content (AvgIpc) is 3.21. The molecule has 1 unspecified atom stereocenters. The number of nitrogens with one attached hydrogen (secondary N) is 2. The van der Waals surface area contributed by atoms with Crippen molar-refractivity contribution in [2.45, 2.75) is 57.0 Å². The van der Waals surface area contributed by atoms with E-state index >= 15 is 0 Å². The maximum atomic E-state index is 11.2. The van der Waals surface area contributed by atoms with Crippen molar-refractivity contribution in [3.8, 4) is 0 Å². The molecule has 0 aromatic heterocycles. The number of amides is 1. The van der Waals surface area contributed by atoms with Crippen LogP contribution in [0.2, 0.25) is 0 Å². The second kappa shape index (κ2) is 7.10. The molecule has 1 atom stereocenters. The highest BCUT2D eigenvalue weighted by Gasteiger charge is 2.26. The van der Waals surface area contributed by atoms with Crippen molar-refractivity contribution in [3.63, 3.8) is 0 Å². The molecule has 104 valence electrons. The van der Waals surface area contributed by atoms with Crippen molar-refractivity contribution in [3.05, 3.63) is 0 Å². The summed E-state index contributed by atoms with van der Waals surface area (Å²) in [7, 11) is 1.71. The number of carbonyl (C=O) groups is 1. The van der Waals surface area contributed by atoms with Crippen LogP contribution < -0.4 is 10.6 Å². The Labute approximate surface area is 110 Å². The van der Waals surface area contributed by atoms with E-state index < -0.39 is 0 Å². The molecule has 0 spiro atoms. The Morgan fingerprint density at radius 3 is 2.83 bits per heavy atom. The molecule has 0 bridgehead atoms. The highest BCUT2D eigenvalue weighted by atomic mass is 16.1. The van der Waals surface area contributed by atoms with Gasteiger partial charge in [-0.3, -0.25) is 9.69 Å². The van der Waals surface area contributed by atoms with Gasteiger partial charge in [-0.1, -0.05) is 6.42 Å². The first kappa shape index (κ1) is 13.8. The molecule has 0 aromatic carbocycles. The summed E-state index contributed by atoms with van der Waals surface area (Å²) in [5.74, 6) is 0.166. The van der Waals surface area contributed by atoms with Crippen molar-refractivity contribution < 1.29 is 4.79 Å². The van der Waals surface area contributed by atoms with E-state index in [1.165, 1.54) is 38.6 Å². The third-order valence-corrected chi connectivity index (χ3v) is 4.10. The Morgan fingerprint density at radius 2 is 2.11 bits per heavy atom. The van der Waals surface area contributed by atoms with Gasteiger partial charge in [0.15, 0.2) is 0 Å². The number of nitrogens with zero attached hydrogens (tertiary/aromatic N) is 1. The van der Waals surface area contributed by atoms with Gasteiger partial charge in [-0.2, -0.15) is 0 Å². The number of rotatable bonds is 7. The molecule has 1 saturated carbocycles. The fourth-order valence-corrected chi connectivity index (χ4v) is 2.74. The fraction of sp³-hybridized carbons (Fsp3) is 0.929. The van der Waals surface area contributed by atoms with Gasteiger partial charge in [0.05, 0.1) is 0 Å². The van der Waals surface area contributed by atoms with Crippen LogP contribution in [0, 0.1) is 0 Å². The zero-order valence-corrected chi connectivity index (χ0v) is 11.6. The van der Waals surface area contributed by atoms with E-state index in [0.29, 0.717) is 12.5 Å². The topological polar surface area (TPSA) is 44.4 Å². The van der Waals surface area contributed by atoms with Crippen molar-refractivity contribution in [1.29, 1.82) is 0 Å². The van der Waals surface area contributed by atoms with Gasteiger partial charge in [0.1, 0.15) is 0 Å². The summed E-state index contributed by atoms with van der Waals surface area (Å²) < 4.78 is 0. The number of hydrogen-bond acceptors (Lipinski definition) is 3. The van der Waals surface area contributed by atoms with Gasteiger partial charge in [-0.05, 0) is 45.2 Å². The smallest absolute Gasteiger partial charge is 0.219 e. The van der Waals surface area contributed by atoms with Crippen LogP contribution in [0.4, 0.5) is 0 Å². The van der Waals surface area contributed by atoms with Gasteiger partial charge in [0.25, 0.3) is 0 Å². The Morgan fingerprint density at radius 1 is 1.28 bits per heavy atom. The molecular formula is C14H27N3O. The van der Waals surface area contributed by atoms with Gasteiger partial charge in [0, 0.05) is 32.1 Å². The molecule has 1 amide bonds. The molecule has 4 heteroatoms. The number of piperidine rings is 1. The highest BCUT2D eigenvalue weighted by Crippen LogP contribution is 2.21. The fourth-order valence-electron chi connectivity index (χ4n) is 2.74. The lowest BCUT2D eigenvalue weighted by molar-refractivity contribution is -0.120. The highest BCUT2D eigenvalue weighted by molar-refractivity contribution is 5.75. The molecule has 2 rings (SSSR count). The van der Waals surface area contributed by atoms with Crippen LogP contribution in [-0.2, 0) is 4.79 Å². The minimum absolute atomic E-state index is 0.166. The zero-order valence-electron chi connectivity index (χ0n) is 11.6. The van der Waals surface area contributed by atoms with Crippen molar-refractivity contribution >= 4 is 5.91 Å². The van der Waals surface area contributed by atoms with E-state index in [9.17, 15) is 4.79 Å². The first-order valence-electron chi connectivity index (χ1n) is 7.47. The maximum Gasteiger partial charge on any atom is 0.219 e. The Kier molecular flexibility index (Phi) is 5.45. The molecule has 1 aliphatic carbocycles. The summed E-state index contributed by atoms with van der Waals surface area (Å²) in [6.07, 6.45) is 8.38. The average molecular weight is 253 g/mol. The van der Waals surface area contributed by atoms with Crippen LogP contribution in [0.5, 0.6) is 0 Å². The van der Waals surface area contributed by atoms with Crippen molar-refractivity contribution in [2.24, 2.45) is 0 Å². The number of likely N-dealkylation sites (tertiary alicyclic amines) is 1. The van der Waals surface area contributed by atoms with E-state index in [4.69, 9.17) is 0 Å². The van der Waals surface area contributed by atoms with Crippen LogP contribution in [0.3, 0.4) is 0 Å². The summed E-state index contributed by atoms with van der Waals surface area (Å²) in [4.78, 5) is 13.8. The van der Waals surface area contributed by atoms with Gasteiger partial charge in [-0.25, -0.2) is 0 Å². The van der Waals surface area contributed by atoms with Crippen LogP contribution in [0.15, 0.2) is 0 Å². The van der Waals surface area contributed by atoms with E-state index in [2.05, 4.69) is 15.5 Å². The molecule has 1 saturated heterocycles. The van der Waals surface area contributed by atoms with Crippen LogP contribution >= 0.6 is 0 Å². The molecule has 1 aliphatic heterocycles. The SMILES string of the molecule is CNC(=O)CCCN1CCCCC1CNC1CC1. The Hall–Kier alpha value is -0.610. The maximum absolute atomic E-state index is 11.2. The molecule has 4 nitrogen and oxygen atoms in total. The lowest BCUT2D eigenvalue weighted by Crippen LogP contribution is -2.46. The zero-order chi connectivity index (χ0) is 12.8. The molecule has 2 fully saturated rings. The van der Waals surface area contributed by atoms with Gasteiger partial charge in [-0.15, -0.1) is 0 Å². The minimum Gasteiger partial charge on any atom is -0.359 e. The lowest BCUT2D eigenvalue weighted by Gasteiger charge is -2.36. The molecule has 18 heavy (non-hydrogen) atoms. The number of hydrogen-bond donors (Lipinski definition) is 2. The second-order valence-corrected chi connectivity index (χ2v) is 5.64. The summed E-state index contributed by atoms with van der Waals surface area (Å²) >= 11 is 0. The largest absolute Gasteiger partial charge is 0.359 e. The monoisotopic (exact) mass is 253 g/mol. The minimum atomic E-state index is 0.166. The summed E-state index contributed by atoms with van der Waals surface area (Å²) in [5.41, 5.74) is 0. The van der Waals surface area contributed by atoms with Gasteiger partial charge < -0.3 is 10.6 Å². The third-order valence-electron chi connectivity index (χ3n) is 4.10.